The molecule has 2 amide bonds. The van der Waals surface area contributed by atoms with Gasteiger partial charge in [-0.1, -0.05) is 36.4 Å². The molecule has 1 N–H and O–H groups in total. The van der Waals surface area contributed by atoms with Crippen LogP contribution >= 0.6 is 0 Å². The third kappa shape index (κ3) is 4.94. The summed E-state index contributed by atoms with van der Waals surface area (Å²) < 4.78 is 7.65. The van der Waals surface area contributed by atoms with Crippen molar-refractivity contribution < 1.29 is 14.3 Å². The summed E-state index contributed by atoms with van der Waals surface area (Å²) in [5.41, 5.74) is 2.90. The highest BCUT2D eigenvalue weighted by Gasteiger charge is 2.36. The average molecular weight is 418 g/mol. The molecule has 0 radical (unpaired) electrons. The van der Waals surface area contributed by atoms with Crippen LogP contribution in [-0.4, -0.2) is 34.5 Å². The van der Waals surface area contributed by atoms with E-state index in [9.17, 15) is 9.59 Å². The molecule has 0 bridgehead atoms. The lowest BCUT2D eigenvalue weighted by atomic mass is 10.1. The molecule has 1 saturated heterocycles. The highest BCUT2D eigenvalue weighted by atomic mass is 16.5. The molecule has 0 saturated carbocycles. The SMILES string of the molecule is CCOc1ccccc1N1CC(C(=O)NCc2ccc(Cn3ccnc3)cc2)CC1=O. The fourth-order valence-electron chi connectivity index (χ4n) is 3.76. The first kappa shape index (κ1) is 20.7. The number of para-hydroxylation sites is 2. The first-order chi connectivity index (χ1) is 15.1. The lowest BCUT2D eigenvalue weighted by molar-refractivity contribution is -0.126. The summed E-state index contributed by atoms with van der Waals surface area (Å²) in [6.07, 6.45) is 5.67. The zero-order valence-electron chi connectivity index (χ0n) is 17.5. The molecular weight excluding hydrogens is 392 g/mol. The number of aromatic nitrogens is 2. The van der Waals surface area contributed by atoms with E-state index in [1.807, 2.05) is 66.2 Å². The Hall–Kier alpha value is -3.61. The molecule has 1 aliphatic heterocycles. The van der Waals surface area contributed by atoms with Crippen molar-refractivity contribution in [2.75, 3.05) is 18.1 Å². The number of hydrogen-bond donors (Lipinski definition) is 1. The Morgan fingerprint density at radius 3 is 2.68 bits per heavy atom. The molecule has 1 aliphatic rings. The first-order valence-corrected chi connectivity index (χ1v) is 10.5. The smallest absolute Gasteiger partial charge is 0.227 e. The van der Waals surface area contributed by atoms with E-state index in [2.05, 4.69) is 10.3 Å². The molecule has 7 nitrogen and oxygen atoms in total. The minimum atomic E-state index is -0.373. The van der Waals surface area contributed by atoms with Crippen molar-refractivity contribution in [3.05, 3.63) is 78.4 Å². The summed E-state index contributed by atoms with van der Waals surface area (Å²) in [5, 5.41) is 2.97. The number of nitrogens with zero attached hydrogens (tertiary/aromatic N) is 3. The van der Waals surface area contributed by atoms with Crippen LogP contribution in [0, 0.1) is 5.92 Å². The summed E-state index contributed by atoms with van der Waals surface area (Å²) in [5.74, 6) is 0.126. The third-order valence-corrected chi connectivity index (χ3v) is 5.37. The Labute approximate surface area is 181 Å². The van der Waals surface area contributed by atoms with Crippen LogP contribution in [0.15, 0.2) is 67.3 Å². The highest BCUT2D eigenvalue weighted by molar-refractivity contribution is 6.01. The van der Waals surface area contributed by atoms with E-state index in [4.69, 9.17) is 4.74 Å². The van der Waals surface area contributed by atoms with Gasteiger partial charge in [0.1, 0.15) is 5.75 Å². The summed E-state index contributed by atoms with van der Waals surface area (Å²) in [6.45, 7) is 3.98. The molecular formula is C24H26N4O3. The number of nitrogens with one attached hydrogen (secondary N) is 1. The molecule has 7 heteroatoms. The standard InChI is InChI=1S/C24H26N4O3/c1-2-31-22-6-4-3-5-21(22)28-16-20(13-23(28)29)24(30)26-14-18-7-9-19(10-8-18)15-27-12-11-25-17-27/h3-12,17,20H,2,13-16H2,1H3,(H,26,30). The van der Waals surface area contributed by atoms with E-state index >= 15 is 0 Å². The van der Waals surface area contributed by atoms with Crippen LogP contribution in [0.4, 0.5) is 5.69 Å². The number of anilines is 1. The maximum absolute atomic E-state index is 12.7. The number of imidazole rings is 1. The maximum atomic E-state index is 12.7. The fraction of sp³-hybridized carbons (Fsp3) is 0.292. The Morgan fingerprint density at radius 2 is 1.94 bits per heavy atom. The second-order valence-corrected chi connectivity index (χ2v) is 7.58. The number of rotatable bonds is 8. The molecule has 0 spiro atoms. The Balaban J connectivity index is 1.33. The van der Waals surface area contributed by atoms with E-state index in [-0.39, 0.29) is 24.2 Å². The van der Waals surface area contributed by atoms with Crippen LogP contribution in [0.1, 0.15) is 24.5 Å². The molecule has 3 aromatic rings. The molecule has 1 aromatic heterocycles. The van der Waals surface area contributed by atoms with Crippen molar-refractivity contribution in [2.24, 2.45) is 5.92 Å². The molecule has 1 unspecified atom stereocenters. The quantitative estimate of drug-likeness (QED) is 0.610. The van der Waals surface area contributed by atoms with Gasteiger partial charge < -0.3 is 19.5 Å². The predicted octanol–water partition coefficient (Wildman–Crippen LogP) is 3.00. The van der Waals surface area contributed by atoms with Gasteiger partial charge in [-0.25, -0.2) is 4.98 Å². The van der Waals surface area contributed by atoms with Crippen LogP contribution in [0.2, 0.25) is 0 Å². The van der Waals surface area contributed by atoms with Gasteiger partial charge in [-0.2, -0.15) is 0 Å². The van der Waals surface area contributed by atoms with Crippen LogP contribution < -0.4 is 15.0 Å². The zero-order valence-corrected chi connectivity index (χ0v) is 17.5. The number of hydrogen-bond acceptors (Lipinski definition) is 4. The predicted molar refractivity (Wildman–Crippen MR) is 118 cm³/mol. The summed E-state index contributed by atoms with van der Waals surface area (Å²) in [6, 6.07) is 15.6. The average Bonchev–Trinajstić information content (AvgIpc) is 3.43. The second kappa shape index (κ2) is 9.47. The Kier molecular flexibility index (Phi) is 6.31. The lowest BCUT2D eigenvalue weighted by Gasteiger charge is -2.20. The van der Waals surface area contributed by atoms with E-state index in [1.54, 1.807) is 17.4 Å². The number of amides is 2. The van der Waals surface area contributed by atoms with Gasteiger partial charge in [0.25, 0.3) is 0 Å². The number of benzene rings is 2. The molecule has 1 atom stereocenters. The van der Waals surface area contributed by atoms with Gasteiger partial charge in [0.15, 0.2) is 0 Å². The van der Waals surface area contributed by atoms with Gasteiger partial charge >= 0.3 is 0 Å². The van der Waals surface area contributed by atoms with Gasteiger partial charge in [-0.15, -0.1) is 0 Å². The van der Waals surface area contributed by atoms with Crippen LogP contribution in [0.5, 0.6) is 5.75 Å². The fourth-order valence-corrected chi connectivity index (χ4v) is 3.76. The van der Waals surface area contributed by atoms with Crippen LogP contribution in [-0.2, 0) is 22.7 Å². The minimum absolute atomic E-state index is 0.0591. The van der Waals surface area contributed by atoms with Crippen molar-refractivity contribution in [1.29, 1.82) is 0 Å². The molecule has 4 rings (SSSR count). The monoisotopic (exact) mass is 418 g/mol. The van der Waals surface area contributed by atoms with Crippen molar-refractivity contribution in [2.45, 2.75) is 26.4 Å². The van der Waals surface area contributed by atoms with E-state index in [0.29, 0.717) is 25.4 Å². The molecule has 0 aliphatic carbocycles. The summed E-state index contributed by atoms with van der Waals surface area (Å²) in [7, 11) is 0. The van der Waals surface area contributed by atoms with Gasteiger partial charge in [0.2, 0.25) is 11.8 Å². The molecule has 1 fully saturated rings. The second-order valence-electron chi connectivity index (χ2n) is 7.58. The van der Waals surface area contributed by atoms with Gasteiger partial charge in [-0.3, -0.25) is 9.59 Å². The summed E-state index contributed by atoms with van der Waals surface area (Å²) >= 11 is 0. The number of carbonyl (C=O) groups is 2. The first-order valence-electron chi connectivity index (χ1n) is 10.5. The van der Waals surface area contributed by atoms with Crippen molar-refractivity contribution in [3.63, 3.8) is 0 Å². The van der Waals surface area contributed by atoms with Gasteiger partial charge in [0, 0.05) is 38.4 Å². The summed E-state index contributed by atoms with van der Waals surface area (Å²) in [4.78, 5) is 31.0. The van der Waals surface area contributed by atoms with E-state index in [0.717, 1.165) is 23.4 Å². The molecule has 160 valence electrons. The van der Waals surface area contributed by atoms with Crippen LogP contribution in [0.25, 0.3) is 0 Å². The molecule has 2 heterocycles. The minimum Gasteiger partial charge on any atom is -0.492 e. The Morgan fingerprint density at radius 1 is 1.16 bits per heavy atom. The Bertz CT molecular complexity index is 1030. The highest BCUT2D eigenvalue weighted by Crippen LogP contribution is 2.33. The normalized spacial score (nSPS) is 15.8. The van der Waals surface area contributed by atoms with E-state index < -0.39 is 0 Å². The third-order valence-electron chi connectivity index (χ3n) is 5.37. The molecule has 31 heavy (non-hydrogen) atoms. The van der Waals surface area contributed by atoms with Crippen molar-refractivity contribution >= 4 is 17.5 Å². The number of ether oxygens (including phenoxy) is 1. The van der Waals surface area contributed by atoms with Crippen LogP contribution in [0.3, 0.4) is 0 Å². The van der Waals surface area contributed by atoms with Crippen molar-refractivity contribution in [3.8, 4) is 5.75 Å². The number of carbonyl (C=O) groups excluding carboxylic acids is 2. The topological polar surface area (TPSA) is 76.5 Å². The van der Waals surface area contributed by atoms with Crippen molar-refractivity contribution in [1.82, 2.24) is 14.9 Å². The van der Waals surface area contributed by atoms with Gasteiger partial charge in [-0.05, 0) is 30.2 Å². The molecule has 2 aromatic carbocycles. The zero-order chi connectivity index (χ0) is 21.6. The van der Waals surface area contributed by atoms with Gasteiger partial charge in [0.05, 0.1) is 24.5 Å². The largest absolute Gasteiger partial charge is 0.492 e. The maximum Gasteiger partial charge on any atom is 0.227 e. The lowest BCUT2D eigenvalue weighted by Crippen LogP contribution is -2.32. The van der Waals surface area contributed by atoms with E-state index in [1.165, 1.54) is 0 Å².